The quantitative estimate of drug-likeness (QED) is 0.790. The van der Waals surface area contributed by atoms with Crippen molar-refractivity contribution in [2.24, 2.45) is 10.2 Å². The fraction of sp³-hybridized carbons (Fsp3) is 0.400. The molecule has 7 nitrogen and oxygen atoms in total. The third-order valence-corrected chi connectivity index (χ3v) is 3.74. The van der Waals surface area contributed by atoms with Crippen LogP contribution in [0.4, 0.5) is 8.78 Å². The monoisotopic (exact) mass is 332 g/mol. The predicted molar refractivity (Wildman–Crippen MR) is 80.5 cm³/mol. The van der Waals surface area contributed by atoms with Crippen molar-refractivity contribution in [3.05, 3.63) is 30.0 Å². The number of hydrogen-bond donors (Lipinski definition) is 1. The van der Waals surface area contributed by atoms with E-state index in [4.69, 9.17) is 6.42 Å². The van der Waals surface area contributed by atoms with E-state index >= 15 is 0 Å². The number of halogens is 2. The number of alkyl halides is 2. The maximum atomic E-state index is 13.2. The van der Waals surface area contributed by atoms with Crippen molar-refractivity contribution < 1.29 is 13.6 Å². The third kappa shape index (κ3) is 3.08. The molecule has 3 rings (SSSR count). The number of fused-ring (bicyclic) bond motifs is 1. The Bertz CT molecular complexity index is 832. The average molecular weight is 332 g/mol. The Labute approximate surface area is 136 Å². The van der Waals surface area contributed by atoms with Gasteiger partial charge >= 0.3 is 0 Å². The molecule has 2 aromatic rings. The first-order chi connectivity index (χ1) is 11.6. The molecule has 1 N–H and O–H groups in total. The van der Waals surface area contributed by atoms with Gasteiger partial charge < -0.3 is 5.32 Å². The van der Waals surface area contributed by atoms with E-state index in [0.29, 0.717) is 19.3 Å². The van der Waals surface area contributed by atoms with Gasteiger partial charge in [0.25, 0.3) is 12.3 Å². The maximum Gasteiger partial charge on any atom is 0.282 e. The standard InChI is InChI=1S/C15H14F2N6O/c1-2-3-4-15(21-22-15)5-6-19-14(24)12-11(13(16)17)20-10-9-18-7-8-23(10)12/h1,7-9,13H,3-6H2,(H,19,24). The van der Waals surface area contributed by atoms with E-state index in [9.17, 15) is 13.6 Å². The zero-order valence-corrected chi connectivity index (χ0v) is 12.6. The van der Waals surface area contributed by atoms with Crippen LogP contribution in [0.3, 0.4) is 0 Å². The van der Waals surface area contributed by atoms with E-state index < -0.39 is 23.7 Å². The number of amides is 1. The molecule has 0 saturated heterocycles. The summed E-state index contributed by atoms with van der Waals surface area (Å²) < 4.78 is 27.6. The highest BCUT2D eigenvalue weighted by molar-refractivity contribution is 5.94. The molecule has 3 heterocycles. The Balaban J connectivity index is 1.70. The summed E-state index contributed by atoms with van der Waals surface area (Å²) in [6.45, 7) is 0.247. The first-order valence-electron chi connectivity index (χ1n) is 7.32. The van der Waals surface area contributed by atoms with Crippen LogP contribution in [0.5, 0.6) is 0 Å². The van der Waals surface area contributed by atoms with E-state index in [1.165, 1.54) is 23.0 Å². The lowest BCUT2D eigenvalue weighted by Crippen LogP contribution is -2.30. The van der Waals surface area contributed by atoms with Gasteiger partial charge in [-0.15, -0.1) is 12.3 Å². The summed E-state index contributed by atoms with van der Waals surface area (Å²) in [5.41, 5.74) is -1.10. The van der Waals surface area contributed by atoms with Gasteiger partial charge in [0.1, 0.15) is 11.4 Å². The van der Waals surface area contributed by atoms with Gasteiger partial charge in [-0.3, -0.25) is 14.2 Å². The highest BCUT2D eigenvalue weighted by atomic mass is 19.3. The molecule has 124 valence electrons. The van der Waals surface area contributed by atoms with Crippen molar-refractivity contribution in [2.75, 3.05) is 6.54 Å². The maximum absolute atomic E-state index is 13.2. The first kappa shape index (κ1) is 16.0. The number of carbonyl (C=O) groups is 1. The molecule has 0 spiro atoms. The molecule has 0 fully saturated rings. The SMILES string of the molecule is C#CCCC1(CCNC(=O)c2c(C(F)F)nc3cnccn23)N=N1. The number of carbonyl (C=O) groups excluding carboxylic acids is 1. The summed E-state index contributed by atoms with van der Waals surface area (Å²) in [6, 6.07) is 0. The van der Waals surface area contributed by atoms with Crippen LogP contribution in [0.1, 0.15) is 41.9 Å². The highest BCUT2D eigenvalue weighted by Gasteiger charge is 2.38. The van der Waals surface area contributed by atoms with Gasteiger partial charge in [0.15, 0.2) is 11.3 Å². The van der Waals surface area contributed by atoms with Gasteiger partial charge in [-0.2, -0.15) is 10.2 Å². The summed E-state index contributed by atoms with van der Waals surface area (Å²) in [7, 11) is 0. The van der Waals surface area contributed by atoms with E-state index in [1.54, 1.807) is 0 Å². The second-order valence-electron chi connectivity index (χ2n) is 5.34. The molecule has 24 heavy (non-hydrogen) atoms. The molecule has 0 bridgehead atoms. The Kier molecular flexibility index (Phi) is 4.20. The van der Waals surface area contributed by atoms with E-state index in [0.717, 1.165) is 0 Å². The fourth-order valence-corrected chi connectivity index (χ4v) is 2.43. The zero-order chi connectivity index (χ0) is 17.2. The third-order valence-electron chi connectivity index (χ3n) is 3.74. The largest absolute Gasteiger partial charge is 0.351 e. The van der Waals surface area contributed by atoms with E-state index in [-0.39, 0.29) is 17.9 Å². The van der Waals surface area contributed by atoms with Crippen LogP contribution >= 0.6 is 0 Å². The fourth-order valence-electron chi connectivity index (χ4n) is 2.43. The molecule has 2 aromatic heterocycles. The minimum atomic E-state index is -2.86. The van der Waals surface area contributed by atoms with Crippen molar-refractivity contribution in [1.82, 2.24) is 19.7 Å². The Morgan fingerprint density at radius 3 is 2.88 bits per heavy atom. The van der Waals surface area contributed by atoms with E-state index in [1.807, 2.05) is 0 Å². The predicted octanol–water partition coefficient (Wildman–Crippen LogP) is 2.36. The molecule has 0 saturated carbocycles. The summed E-state index contributed by atoms with van der Waals surface area (Å²) in [4.78, 5) is 19.9. The molecule has 0 aliphatic carbocycles. The highest BCUT2D eigenvalue weighted by Crippen LogP contribution is 2.36. The second kappa shape index (κ2) is 6.31. The number of hydrogen-bond acceptors (Lipinski definition) is 5. The number of imidazole rings is 1. The molecule has 1 aliphatic rings. The van der Waals surface area contributed by atoms with Gasteiger partial charge in [-0.25, -0.2) is 13.8 Å². The van der Waals surface area contributed by atoms with Crippen LogP contribution in [-0.2, 0) is 0 Å². The van der Waals surface area contributed by atoms with Crippen LogP contribution in [0.15, 0.2) is 28.8 Å². The topological polar surface area (TPSA) is 84.0 Å². The summed E-state index contributed by atoms with van der Waals surface area (Å²) in [5, 5.41) is 10.5. The number of nitrogens with zero attached hydrogens (tertiary/aromatic N) is 5. The molecular weight excluding hydrogens is 318 g/mol. The van der Waals surface area contributed by atoms with Crippen molar-refractivity contribution in [3.8, 4) is 12.3 Å². The van der Waals surface area contributed by atoms with Crippen LogP contribution in [0.2, 0.25) is 0 Å². The minimum Gasteiger partial charge on any atom is -0.351 e. The lowest BCUT2D eigenvalue weighted by molar-refractivity contribution is 0.0930. The van der Waals surface area contributed by atoms with Crippen LogP contribution < -0.4 is 5.32 Å². The molecule has 0 unspecified atom stereocenters. The lowest BCUT2D eigenvalue weighted by atomic mass is 10.0. The number of terminal acetylenes is 1. The lowest BCUT2D eigenvalue weighted by Gasteiger charge is -2.10. The molecule has 1 aliphatic heterocycles. The first-order valence-corrected chi connectivity index (χ1v) is 7.32. The van der Waals surface area contributed by atoms with Gasteiger partial charge in [0.05, 0.1) is 6.20 Å². The second-order valence-corrected chi connectivity index (χ2v) is 5.34. The Morgan fingerprint density at radius 2 is 2.21 bits per heavy atom. The summed E-state index contributed by atoms with van der Waals surface area (Å²) in [6.07, 6.45) is 8.12. The van der Waals surface area contributed by atoms with Crippen LogP contribution in [-0.4, -0.2) is 32.5 Å². The molecule has 0 atom stereocenters. The van der Waals surface area contributed by atoms with Crippen molar-refractivity contribution in [3.63, 3.8) is 0 Å². The molecule has 9 heteroatoms. The summed E-state index contributed by atoms with van der Waals surface area (Å²) in [5.74, 6) is 1.89. The molecular formula is C15H14F2N6O. The average Bonchev–Trinajstić information content (AvgIpc) is 3.22. The number of nitrogens with one attached hydrogen (secondary N) is 1. The van der Waals surface area contributed by atoms with Gasteiger partial charge in [-0.1, -0.05) is 0 Å². The Morgan fingerprint density at radius 1 is 1.42 bits per heavy atom. The van der Waals surface area contributed by atoms with Gasteiger partial charge in [0, 0.05) is 38.2 Å². The number of aromatic nitrogens is 3. The number of rotatable bonds is 7. The van der Waals surface area contributed by atoms with Crippen LogP contribution in [0.25, 0.3) is 5.65 Å². The van der Waals surface area contributed by atoms with Crippen LogP contribution in [0, 0.1) is 12.3 Å². The normalized spacial score (nSPS) is 14.8. The van der Waals surface area contributed by atoms with Crippen molar-refractivity contribution in [1.29, 1.82) is 0 Å². The smallest absolute Gasteiger partial charge is 0.282 e. The van der Waals surface area contributed by atoms with Crippen molar-refractivity contribution in [2.45, 2.75) is 31.4 Å². The summed E-state index contributed by atoms with van der Waals surface area (Å²) >= 11 is 0. The molecule has 1 amide bonds. The van der Waals surface area contributed by atoms with Gasteiger partial charge in [0.2, 0.25) is 0 Å². The van der Waals surface area contributed by atoms with Crippen molar-refractivity contribution >= 4 is 11.6 Å². The molecule has 0 radical (unpaired) electrons. The minimum absolute atomic E-state index is 0.190. The Hall–Kier alpha value is -2.89. The zero-order valence-electron chi connectivity index (χ0n) is 12.6. The van der Waals surface area contributed by atoms with E-state index in [2.05, 4.69) is 31.4 Å². The van der Waals surface area contributed by atoms with Gasteiger partial charge in [-0.05, 0) is 0 Å². The molecule has 0 aromatic carbocycles.